The molecular weight excluding hydrogens is 436 g/mol. The maximum atomic E-state index is 15.1. The van der Waals surface area contributed by atoms with E-state index in [1.54, 1.807) is 30.3 Å². The first-order chi connectivity index (χ1) is 15.8. The highest BCUT2D eigenvalue weighted by Gasteiger charge is 2.33. The molecule has 1 saturated heterocycles. The highest BCUT2D eigenvalue weighted by Crippen LogP contribution is 2.37. The van der Waals surface area contributed by atoms with Crippen LogP contribution < -0.4 is 20.9 Å². The smallest absolute Gasteiger partial charge is 0.369 e. The fourth-order valence-corrected chi connectivity index (χ4v) is 3.67. The lowest BCUT2D eigenvalue weighted by Gasteiger charge is -2.29. The number of carbonyl (C=O) groups excluding carboxylic acids is 1. The summed E-state index contributed by atoms with van der Waals surface area (Å²) >= 11 is 0. The first-order valence-corrected chi connectivity index (χ1v) is 10.4. The molecule has 1 fully saturated rings. The maximum absolute atomic E-state index is 15.1. The Kier molecular flexibility index (Phi) is 6.50. The van der Waals surface area contributed by atoms with Gasteiger partial charge in [-0.15, -0.1) is 0 Å². The number of rotatable bonds is 4. The van der Waals surface area contributed by atoms with Gasteiger partial charge in [0.15, 0.2) is 5.82 Å². The van der Waals surface area contributed by atoms with Gasteiger partial charge in [0.25, 0.3) is 0 Å². The Morgan fingerprint density at radius 1 is 0.909 bits per heavy atom. The molecule has 172 valence electrons. The highest BCUT2D eigenvalue weighted by atomic mass is 19.4. The van der Waals surface area contributed by atoms with Crippen molar-refractivity contribution in [1.82, 2.24) is 5.32 Å². The zero-order valence-electron chi connectivity index (χ0n) is 17.5. The molecule has 0 radical (unpaired) electrons. The van der Waals surface area contributed by atoms with Crippen molar-refractivity contribution < 1.29 is 22.4 Å². The number of urea groups is 1. The third-order valence-corrected chi connectivity index (χ3v) is 5.34. The van der Waals surface area contributed by atoms with Crippen LogP contribution in [0, 0.1) is 5.82 Å². The zero-order valence-corrected chi connectivity index (χ0v) is 17.5. The van der Waals surface area contributed by atoms with E-state index < -0.39 is 29.3 Å². The fraction of sp³-hybridized carbons (Fsp3) is 0.208. The Labute approximate surface area is 188 Å². The first-order valence-electron chi connectivity index (χ1n) is 10.4. The molecule has 0 atom stereocenters. The molecule has 5 nitrogen and oxygen atoms in total. The van der Waals surface area contributed by atoms with Gasteiger partial charge in [0.05, 0.1) is 11.3 Å². The summed E-state index contributed by atoms with van der Waals surface area (Å²) in [6.45, 7) is 3.50. The number of hydrogen-bond acceptors (Lipinski definition) is 3. The van der Waals surface area contributed by atoms with E-state index in [1.165, 1.54) is 12.1 Å². The minimum absolute atomic E-state index is 0.249. The van der Waals surface area contributed by atoms with E-state index in [0.29, 0.717) is 11.8 Å². The SMILES string of the molecule is O=C(Nc1ccc(N2CCNCC2)cc1)Nc1cc(C(F)(F)F)cc(-c2ccccc2)c1F. The third-order valence-electron chi connectivity index (χ3n) is 5.34. The molecule has 0 bridgehead atoms. The van der Waals surface area contributed by atoms with Crippen LogP contribution in [0.2, 0.25) is 0 Å². The van der Waals surface area contributed by atoms with Gasteiger partial charge in [-0.3, -0.25) is 0 Å². The van der Waals surface area contributed by atoms with Gasteiger partial charge in [-0.1, -0.05) is 30.3 Å². The molecule has 9 heteroatoms. The second-order valence-corrected chi connectivity index (χ2v) is 7.61. The summed E-state index contributed by atoms with van der Waals surface area (Å²) < 4.78 is 55.3. The van der Waals surface area contributed by atoms with E-state index in [2.05, 4.69) is 20.9 Å². The van der Waals surface area contributed by atoms with Gasteiger partial charge in [-0.25, -0.2) is 9.18 Å². The number of anilines is 3. The minimum Gasteiger partial charge on any atom is -0.369 e. The molecule has 0 unspecified atom stereocenters. The van der Waals surface area contributed by atoms with Crippen LogP contribution in [-0.2, 0) is 6.18 Å². The van der Waals surface area contributed by atoms with E-state index in [9.17, 15) is 18.0 Å². The highest BCUT2D eigenvalue weighted by molar-refractivity contribution is 6.00. The van der Waals surface area contributed by atoms with E-state index >= 15 is 4.39 Å². The summed E-state index contributed by atoms with van der Waals surface area (Å²) in [5.41, 5.74) is -0.160. The lowest BCUT2D eigenvalue weighted by Crippen LogP contribution is -2.43. The molecule has 0 aromatic heterocycles. The molecule has 1 aliphatic rings. The number of benzene rings is 3. The van der Waals surface area contributed by atoms with Crippen LogP contribution in [0.5, 0.6) is 0 Å². The molecule has 4 rings (SSSR count). The second kappa shape index (κ2) is 9.50. The molecule has 33 heavy (non-hydrogen) atoms. The fourth-order valence-electron chi connectivity index (χ4n) is 3.67. The van der Waals surface area contributed by atoms with E-state index in [-0.39, 0.29) is 11.1 Å². The molecule has 0 spiro atoms. The summed E-state index contributed by atoms with van der Waals surface area (Å²) in [5, 5.41) is 8.02. The maximum Gasteiger partial charge on any atom is 0.416 e. The van der Waals surface area contributed by atoms with E-state index in [4.69, 9.17) is 0 Å². The Hall–Kier alpha value is -3.59. The van der Waals surface area contributed by atoms with Crippen molar-refractivity contribution in [3.05, 3.63) is 78.1 Å². The van der Waals surface area contributed by atoms with E-state index in [0.717, 1.165) is 37.9 Å². The number of piperazine rings is 1. The molecule has 3 N–H and O–H groups in total. The van der Waals surface area contributed by atoms with Crippen molar-refractivity contribution in [3.63, 3.8) is 0 Å². The topological polar surface area (TPSA) is 56.4 Å². The monoisotopic (exact) mass is 458 g/mol. The normalized spacial score (nSPS) is 14.1. The van der Waals surface area contributed by atoms with Crippen LogP contribution in [0.3, 0.4) is 0 Å². The summed E-state index contributed by atoms with van der Waals surface area (Å²) in [4.78, 5) is 14.6. The molecule has 1 aliphatic heterocycles. The van der Waals surface area contributed by atoms with Gasteiger partial charge in [-0.2, -0.15) is 13.2 Å². The minimum atomic E-state index is -4.70. The van der Waals surface area contributed by atoms with Crippen molar-refractivity contribution in [1.29, 1.82) is 0 Å². The average molecular weight is 458 g/mol. The Bertz CT molecular complexity index is 1110. The molecule has 3 aromatic carbocycles. The number of carbonyl (C=O) groups is 1. The van der Waals surface area contributed by atoms with Crippen LogP contribution in [0.4, 0.5) is 39.4 Å². The van der Waals surface area contributed by atoms with Crippen molar-refractivity contribution >= 4 is 23.1 Å². The molecule has 1 heterocycles. The van der Waals surface area contributed by atoms with Crippen molar-refractivity contribution in [3.8, 4) is 11.1 Å². The van der Waals surface area contributed by atoms with Crippen LogP contribution in [-0.4, -0.2) is 32.2 Å². The average Bonchev–Trinajstić information content (AvgIpc) is 2.81. The summed E-state index contributed by atoms with van der Waals surface area (Å²) in [7, 11) is 0. The van der Waals surface area contributed by atoms with Gasteiger partial charge in [-0.05, 0) is 42.0 Å². The molecule has 3 aromatic rings. The number of nitrogens with zero attached hydrogens (tertiary/aromatic N) is 1. The lowest BCUT2D eigenvalue weighted by atomic mass is 10.0. The van der Waals surface area contributed by atoms with Crippen molar-refractivity contribution in [2.24, 2.45) is 0 Å². The van der Waals surface area contributed by atoms with Crippen LogP contribution in [0.15, 0.2) is 66.7 Å². The standard InChI is InChI=1S/C24H22F4N4O/c25-22-20(16-4-2-1-3-5-16)14-17(24(26,27)28)15-21(22)31-23(33)30-18-6-8-19(9-7-18)32-12-10-29-11-13-32/h1-9,14-15,29H,10-13H2,(H2,30,31,33). The number of nitrogens with one attached hydrogen (secondary N) is 3. The van der Waals surface area contributed by atoms with E-state index in [1.807, 2.05) is 12.1 Å². The number of amides is 2. The van der Waals surface area contributed by atoms with Gasteiger partial charge in [0.2, 0.25) is 0 Å². The van der Waals surface area contributed by atoms with Crippen molar-refractivity contribution in [2.45, 2.75) is 6.18 Å². The van der Waals surface area contributed by atoms with Gasteiger partial charge in [0, 0.05) is 43.1 Å². The Morgan fingerprint density at radius 3 is 2.21 bits per heavy atom. The van der Waals surface area contributed by atoms with Gasteiger partial charge >= 0.3 is 12.2 Å². The third kappa shape index (κ3) is 5.43. The molecule has 2 amide bonds. The summed E-state index contributed by atoms with van der Waals surface area (Å²) in [6, 6.07) is 15.4. The Balaban J connectivity index is 1.53. The van der Waals surface area contributed by atoms with Crippen LogP contribution >= 0.6 is 0 Å². The second-order valence-electron chi connectivity index (χ2n) is 7.61. The lowest BCUT2D eigenvalue weighted by molar-refractivity contribution is -0.137. The number of hydrogen-bond donors (Lipinski definition) is 3. The van der Waals surface area contributed by atoms with Crippen LogP contribution in [0.1, 0.15) is 5.56 Å². The zero-order chi connectivity index (χ0) is 23.4. The van der Waals surface area contributed by atoms with Gasteiger partial charge < -0.3 is 20.9 Å². The largest absolute Gasteiger partial charge is 0.416 e. The molecule has 0 aliphatic carbocycles. The molecular formula is C24H22F4N4O. The number of halogens is 4. The Morgan fingerprint density at radius 2 is 1.58 bits per heavy atom. The number of alkyl halides is 3. The summed E-state index contributed by atoms with van der Waals surface area (Å²) in [5.74, 6) is -0.946. The van der Waals surface area contributed by atoms with Gasteiger partial charge in [0.1, 0.15) is 0 Å². The predicted molar refractivity (Wildman–Crippen MR) is 121 cm³/mol. The first kappa shape index (κ1) is 22.6. The van der Waals surface area contributed by atoms with Crippen LogP contribution in [0.25, 0.3) is 11.1 Å². The molecule has 0 saturated carbocycles. The summed E-state index contributed by atoms with van der Waals surface area (Å²) in [6.07, 6.45) is -4.70. The quantitative estimate of drug-likeness (QED) is 0.449. The predicted octanol–water partition coefficient (Wildman–Crippen LogP) is 5.57. The van der Waals surface area contributed by atoms with Crippen molar-refractivity contribution in [2.75, 3.05) is 41.7 Å².